The van der Waals surface area contributed by atoms with E-state index >= 15 is 0 Å². The third kappa shape index (κ3) is 3.79. The van der Waals surface area contributed by atoms with Crippen LogP contribution in [0, 0.1) is 0 Å². The minimum Gasteiger partial charge on any atom is -0.380 e. The second-order valence-electron chi connectivity index (χ2n) is 4.19. The van der Waals surface area contributed by atoms with Crippen molar-refractivity contribution in [2.45, 2.75) is 39.8 Å². The first kappa shape index (κ1) is 14.7. The molecule has 5 heteroatoms. The van der Waals surface area contributed by atoms with E-state index in [9.17, 15) is 0 Å². The smallest absolute Gasteiger partial charge is 0.0741 e. The summed E-state index contributed by atoms with van der Waals surface area (Å²) in [7, 11) is 0. The maximum atomic E-state index is 5.54. The molecule has 98 valence electrons. The predicted octanol–water partition coefficient (Wildman–Crippen LogP) is 2.91. The van der Waals surface area contributed by atoms with Gasteiger partial charge in [-0.1, -0.05) is 6.92 Å². The van der Waals surface area contributed by atoms with Gasteiger partial charge in [0.15, 0.2) is 0 Å². The molecular formula is C12H22BrN3O. The molecule has 0 aliphatic carbocycles. The van der Waals surface area contributed by atoms with Gasteiger partial charge in [-0.15, -0.1) is 0 Å². The number of likely N-dealkylation sites (N-methyl/N-ethyl adjacent to an activating group) is 1. The molecule has 1 unspecified atom stereocenters. The largest absolute Gasteiger partial charge is 0.380 e. The quantitative estimate of drug-likeness (QED) is 0.842. The molecule has 0 saturated heterocycles. The molecule has 0 fully saturated rings. The molecule has 1 atom stereocenters. The van der Waals surface area contributed by atoms with Crippen LogP contribution in [0.15, 0.2) is 10.7 Å². The summed E-state index contributed by atoms with van der Waals surface area (Å²) in [6, 6.07) is 0.526. The number of rotatable bonds is 7. The Kier molecular flexibility index (Phi) is 6.16. The van der Waals surface area contributed by atoms with Gasteiger partial charge in [0.1, 0.15) is 0 Å². The summed E-state index contributed by atoms with van der Waals surface area (Å²) in [5.74, 6) is 0. The second kappa shape index (κ2) is 7.13. The molecule has 0 bridgehead atoms. The molecule has 0 aliphatic heterocycles. The van der Waals surface area contributed by atoms with E-state index in [4.69, 9.17) is 4.74 Å². The van der Waals surface area contributed by atoms with Crippen molar-refractivity contribution >= 4 is 15.9 Å². The maximum Gasteiger partial charge on any atom is 0.0741 e. The van der Waals surface area contributed by atoms with E-state index in [0.717, 1.165) is 23.3 Å². The minimum atomic E-state index is 0.180. The number of nitrogens with zero attached hydrogens (tertiary/aromatic N) is 2. The molecule has 0 spiro atoms. The normalized spacial score (nSPS) is 13.3. The Hall–Kier alpha value is -0.390. The number of halogens is 1. The average Bonchev–Trinajstić information content (AvgIpc) is 2.66. The summed E-state index contributed by atoms with van der Waals surface area (Å²) in [5, 5.41) is 7.84. The van der Waals surface area contributed by atoms with Crippen LogP contribution >= 0.6 is 15.9 Å². The van der Waals surface area contributed by atoms with Gasteiger partial charge in [-0.05, 0) is 43.2 Å². The third-order valence-corrected chi connectivity index (χ3v) is 3.16. The van der Waals surface area contributed by atoms with Gasteiger partial charge in [-0.2, -0.15) is 5.10 Å². The zero-order chi connectivity index (χ0) is 12.8. The average molecular weight is 304 g/mol. The Balaban J connectivity index is 2.94. The third-order valence-electron chi connectivity index (χ3n) is 2.55. The molecule has 1 aromatic rings. The topological polar surface area (TPSA) is 39.1 Å². The van der Waals surface area contributed by atoms with Gasteiger partial charge in [0.25, 0.3) is 0 Å². The molecule has 0 aliphatic rings. The Labute approximate surface area is 112 Å². The summed E-state index contributed by atoms with van der Waals surface area (Å²) in [4.78, 5) is 0. The minimum absolute atomic E-state index is 0.180. The van der Waals surface area contributed by atoms with Crippen molar-refractivity contribution in [3.05, 3.63) is 16.4 Å². The zero-order valence-corrected chi connectivity index (χ0v) is 12.6. The summed E-state index contributed by atoms with van der Waals surface area (Å²) >= 11 is 3.57. The number of hydrogen-bond donors (Lipinski definition) is 1. The maximum absolute atomic E-state index is 5.54. The summed E-state index contributed by atoms with van der Waals surface area (Å²) < 4.78 is 8.61. The second-order valence-corrected chi connectivity index (χ2v) is 5.04. The number of ether oxygens (including phenoxy) is 1. The van der Waals surface area contributed by atoms with Crippen LogP contribution in [0.25, 0.3) is 0 Å². The first-order valence-corrected chi connectivity index (χ1v) is 6.95. The first-order valence-electron chi connectivity index (χ1n) is 6.15. The van der Waals surface area contributed by atoms with Crippen molar-refractivity contribution in [1.82, 2.24) is 15.1 Å². The number of hydrogen-bond acceptors (Lipinski definition) is 3. The molecule has 17 heavy (non-hydrogen) atoms. The van der Waals surface area contributed by atoms with Crippen molar-refractivity contribution in [3.8, 4) is 0 Å². The first-order chi connectivity index (χ1) is 8.11. The van der Waals surface area contributed by atoms with Gasteiger partial charge < -0.3 is 10.1 Å². The molecule has 0 saturated carbocycles. The lowest BCUT2D eigenvalue weighted by molar-refractivity contribution is 0.120. The van der Waals surface area contributed by atoms with E-state index in [1.54, 1.807) is 0 Å². The molecular weight excluding hydrogens is 282 g/mol. The highest BCUT2D eigenvalue weighted by Gasteiger charge is 2.20. The van der Waals surface area contributed by atoms with Gasteiger partial charge in [-0.25, -0.2) is 0 Å². The molecule has 1 heterocycles. The van der Waals surface area contributed by atoms with Crippen LogP contribution in [0.4, 0.5) is 0 Å². The molecule has 1 rings (SSSR count). The lowest BCUT2D eigenvalue weighted by Gasteiger charge is -2.21. The Morgan fingerprint density at radius 3 is 2.71 bits per heavy atom. The highest BCUT2D eigenvalue weighted by molar-refractivity contribution is 9.10. The fourth-order valence-corrected chi connectivity index (χ4v) is 2.35. The van der Waals surface area contributed by atoms with Crippen molar-refractivity contribution in [1.29, 1.82) is 0 Å². The summed E-state index contributed by atoms with van der Waals surface area (Å²) in [6.45, 7) is 10.7. The number of aromatic nitrogens is 2. The predicted molar refractivity (Wildman–Crippen MR) is 73.2 cm³/mol. The molecule has 1 aromatic heterocycles. The van der Waals surface area contributed by atoms with E-state index in [-0.39, 0.29) is 6.04 Å². The fourth-order valence-electron chi connectivity index (χ4n) is 1.80. The molecule has 4 nitrogen and oxygen atoms in total. The Bertz CT molecular complexity index is 338. The molecule has 0 amide bonds. The fraction of sp³-hybridized carbons (Fsp3) is 0.750. The van der Waals surface area contributed by atoms with Crippen LogP contribution in [0.1, 0.15) is 45.5 Å². The molecule has 0 radical (unpaired) electrons. The molecule has 0 aromatic carbocycles. The Morgan fingerprint density at radius 2 is 2.18 bits per heavy atom. The van der Waals surface area contributed by atoms with Gasteiger partial charge in [0, 0.05) is 12.6 Å². The van der Waals surface area contributed by atoms with Gasteiger partial charge in [0.05, 0.1) is 29.0 Å². The highest BCUT2D eigenvalue weighted by Crippen LogP contribution is 2.26. The van der Waals surface area contributed by atoms with Crippen molar-refractivity contribution in [2.24, 2.45) is 0 Å². The molecule has 1 N–H and O–H groups in total. The monoisotopic (exact) mass is 303 g/mol. The van der Waals surface area contributed by atoms with Gasteiger partial charge in [0.2, 0.25) is 0 Å². The lowest BCUT2D eigenvalue weighted by Crippen LogP contribution is -2.28. The van der Waals surface area contributed by atoms with E-state index < -0.39 is 0 Å². The highest BCUT2D eigenvalue weighted by atomic mass is 79.9. The van der Waals surface area contributed by atoms with E-state index in [1.807, 2.05) is 17.8 Å². The van der Waals surface area contributed by atoms with Crippen LogP contribution in [0.5, 0.6) is 0 Å². The van der Waals surface area contributed by atoms with E-state index in [1.165, 1.54) is 0 Å². The van der Waals surface area contributed by atoms with Crippen LogP contribution in [0.3, 0.4) is 0 Å². The SMILES string of the molecule is CCNC(COCC)c1c(Br)cnn1C(C)C. The van der Waals surface area contributed by atoms with Crippen LogP contribution < -0.4 is 5.32 Å². The standard InChI is InChI=1S/C12H22BrN3O/c1-5-14-11(8-17-6-2)12-10(13)7-15-16(12)9(3)4/h7,9,11,14H,5-6,8H2,1-4H3. The van der Waals surface area contributed by atoms with E-state index in [2.05, 4.69) is 47.1 Å². The summed E-state index contributed by atoms with van der Waals surface area (Å²) in [6.07, 6.45) is 1.85. The van der Waals surface area contributed by atoms with Crippen LogP contribution in [-0.4, -0.2) is 29.5 Å². The van der Waals surface area contributed by atoms with Crippen molar-refractivity contribution < 1.29 is 4.74 Å². The number of nitrogens with one attached hydrogen (secondary N) is 1. The van der Waals surface area contributed by atoms with Crippen molar-refractivity contribution in [2.75, 3.05) is 19.8 Å². The van der Waals surface area contributed by atoms with Gasteiger partial charge in [-0.3, -0.25) is 4.68 Å². The van der Waals surface area contributed by atoms with Crippen LogP contribution in [-0.2, 0) is 4.74 Å². The van der Waals surface area contributed by atoms with Gasteiger partial charge >= 0.3 is 0 Å². The van der Waals surface area contributed by atoms with Crippen LogP contribution in [0.2, 0.25) is 0 Å². The van der Waals surface area contributed by atoms with E-state index in [0.29, 0.717) is 12.6 Å². The van der Waals surface area contributed by atoms with Crippen molar-refractivity contribution in [3.63, 3.8) is 0 Å². The Morgan fingerprint density at radius 1 is 1.47 bits per heavy atom. The summed E-state index contributed by atoms with van der Waals surface area (Å²) in [5.41, 5.74) is 1.16. The lowest BCUT2D eigenvalue weighted by atomic mass is 10.2. The zero-order valence-electron chi connectivity index (χ0n) is 11.0.